The summed E-state index contributed by atoms with van der Waals surface area (Å²) in [5.41, 5.74) is 2.28. The number of allylic oxidation sites excluding steroid dienone is 1. The molecule has 0 fully saturated rings. The summed E-state index contributed by atoms with van der Waals surface area (Å²) < 4.78 is 0. The Morgan fingerprint density at radius 2 is 1.85 bits per heavy atom. The molecule has 2 aromatic rings. The summed E-state index contributed by atoms with van der Waals surface area (Å²) in [7, 11) is 0. The zero-order chi connectivity index (χ0) is 14.5. The molecule has 2 aromatic carbocycles. The van der Waals surface area contributed by atoms with Crippen LogP contribution >= 0.6 is 0 Å². The highest BCUT2D eigenvalue weighted by atomic mass is 16.6. The average molecular weight is 267 g/mol. The third-order valence-electron chi connectivity index (χ3n) is 2.85. The lowest BCUT2D eigenvalue weighted by Gasteiger charge is -1.97. The van der Waals surface area contributed by atoms with Gasteiger partial charge in [0, 0.05) is 17.7 Å². The standard InChI is InChI=1S/C16H13NO3/c1-12-5-7-13(8-6-12)9-10-16(18)14-3-2-4-15(11-14)17(19)20/h2-11H,1H3. The molecule has 4 heteroatoms. The minimum absolute atomic E-state index is 0.0837. The van der Waals surface area contributed by atoms with Crippen molar-refractivity contribution in [3.63, 3.8) is 0 Å². The summed E-state index contributed by atoms with van der Waals surface area (Å²) in [5.74, 6) is -0.255. The Labute approximate surface area is 116 Å². The van der Waals surface area contributed by atoms with E-state index in [-0.39, 0.29) is 11.5 Å². The molecule has 0 bridgehead atoms. The van der Waals surface area contributed by atoms with Gasteiger partial charge in [0.15, 0.2) is 5.78 Å². The summed E-state index contributed by atoms with van der Waals surface area (Å²) in [6.07, 6.45) is 3.12. The van der Waals surface area contributed by atoms with Gasteiger partial charge in [-0.3, -0.25) is 14.9 Å². The number of nitrogens with zero attached hydrogens (tertiary/aromatic N) is 1. The summed E-state index contributed by atoms with van der Waals surface area (Å²) in [4.78, 5) is 22.1. The van der Waals surface area contributed by atoms with Crippen LogP contribution in [-0.2, 0) is 0 Å². The molecule has 0 atom stereocenters. The first-order valence-electron chi connectivity index (χ1n) is 6.10. The molecule has 0 amide bonds. The molecule has 0 aliphatic heterocycles. The number of non-ortho nitro benzene ring substituents is 1. The highest BCUT2D eigenvalue weighted by Crippen LogP contribution is 2.14. The molecule has 0 aromatic heterocycles. The number of nitro benzene ring substituents is 1. The fourth-order valence-corrected chi connectivity index (χ4v) is 1.72. The number of carbonyl (C=O) groups excluding carboxylic acids is 1. The van der Waals surface area contributed by atoms with Gasteiger partial charge in [0.2, 0.25) is 0 Å². The smallest absolute Gasteiger partial charge is 0.270 e. The molecule has 0 spiro atoms. The van der Waals surface area contributed by atoms with E-state index >= 15 is 0 Å². The first kappa shape index (κ1) is 13.7. The van der Waals surface area contributed by atoms with Crippen LogP contribution in [0.5, 0.6) is 0 Å². The number of carbonyl (C=O) groups is 1. The van der Waals surface area contributed by atoms with E-state index in [1.807, 2.05) is 31.2 Å². The van der Waals surface area contributed by atoms with Gasteiger partial charge in [0.25, 0.3) is 5.69 Å². The molecule has 0 saturated carbocycles. The summed E-state index contributed by atoms with van der Waals surface area (Å²) in [6, 6.07) is 13.4. The van der Waals surface area contributed by atoms with Gasteiger partial charge in [-0.2, -0.15) is 0 Å². The van der Waals surface area contributed by atoms with Crippen molar-refractivity contribution in [3.8, 4) is 0 Å². The van der Waals surface area contributed by atoms with E-state index in [9.17, 15) is 14.9 Å². The summed E-state index contributed by atoms with van der Waals surface area (Å²) in [6.45, 7) is 1.99. The van der Waals surface area contributed by atoms with Crippen LogP contribution in [0.2, 0.25) is 0 Å². The molecule has 0 saturated heterocycles. The van der Waals surface area contributed by atoms with Crippen LogP contribution in [0, 0.1) is 17.0 Å². The van der Waals surface area contributed by atoms with Gasteiger partial charge in [-0.1, -0.05) is 48.0 Å². The number of rotatable bonds is 4. The van der Waals surface area contributed by atoms with Crippen molar-refractivity contribution < 1.29 is 9.72 Å². The molecule has 0 aliphatic rings. The van der Waals surface area contributed by atoms with Gasteiger partial charge in [0.1, 0.15) is 0 Å². The number of ketones is 1. The normalized spacial score (nSPS) is 10.7. The zero-order valence-corrected chi connectivity index (χ0v) is 10.9. The van der Waals surface area contributed by atoms with Gasteiger partial charge < -0.3 is 0 Å². The molecule has 20 heavy (non-hydrogen) atoms. The van der Waals surface area contributed by atoms with Gasteiger partial charge in [0.05, 0.1) is 4.92 Å². The highest BCUT2D eigenvalue weighted by molar-refractivity contribution is 6.07. The Balaban J connectivity index is 2.17. The van der Waals surface area contributed by atoms with E-state index in [0.717, 1.165) is 11.1 Å². The van der Waals surface area contributed by atoms with E-state index in [2.05, 4.69) is 0 Å². The SMILES string of the molecule is Cc1ccc(C=CC(=O)c2cccc([N+](=O)[O-])c2)cc1. The number of aryl methyl sites for hydroxylation is 1. The quantitative estimate of drug-likeness (QED) is 0.366. The summed E-state index contributed by atoms with van der Waals surface area (Å²) in [5, 5.41) is 10.7. The molecule has 0 N–H and O–H groups in total. The van der Waals surface area contributed by atoms with E-state index in [0.29, 0.717) is 5.56 Å². The predicted octanol–water partition coefficient (Wildman–Crippen LogP) is 3.80. The van der Waals surface area contributed by atoms with E-state index in [1.54, 1.807) is 12.1 Å². The highest BCUT2D eigenvalue weighted by Gasteiger charge is 2.09. The number of hydrogen-bond acceptors (Lipinski definition) is 3. The van der Waals surface area contributed by atoms with Crippen LogP contribution in [0.4, 0.5) is 5.69 Å². The van der Waals surface area contributed by atoms with Crippen molar-refractivity contribution in [2.45, 2.75) is 6.92 Å². The molecule has 0 aliphatic carbocycles. The third-order valence-corrected chi connectivity index (χ3v) is 2.85. The zero-order valence-electron chi connectivity index (χ0n) is 10.9. The molecule has 4 nitrogen and oxygen atoms in total. The molecular formula is C16H13NO3. The van der Waals surface area contributed by atoms with Crippen LogP contribution in [0.25, 0.3) is 6.08 Å². The average Bonchev–Trinajstić information content (AvgIpc) is 2.46. The molecule has 0 heterocycles. The van der Waals surface area contributed by atoms with Crippen LogP contribution in [0.15, 0.2) is 54.6 Å². The van der Waals surface area contributed by atoms with Crippen molar-refractivity contribution in [3.05, 3.63) is 81.4 Å². The van der Waals surface area contributed by atoms with E-state index in [1.165, 1.54) is 24.3 Å². The molecule has 100 valence electrons. The lowest BCUT2D eigenvalue weighted by Crippen LogP contribution is -1.96. The Hall–Kier alpha value is -2.75. The third kappa shape index (κ3) is 3.38. The van der Waals surface area contributed by atoms with Crippen molar-refractivity contribution in [2.24, 2.45) is 0 Å². The molecule has 0 unspecified atom stereocenters. The van der Waals surface area contributed by atoms with Crippen molar-refractivity contribution in [1.82, 2.24) is 0 Å². The second-order valence-electron chi connectivity index (χ2n) is 4.42. The first-order valence-corrected chi connectivity index (χ1v) is 6.10. The van der Waals surface area contributed by atoms with Crippen molar-refractivity contribution in [1.29, 1.82) is 0 Å². The predicted molar refractivity (Wildman–Crippen MR) is 77.6 cm³/mol. The minimum atomic E-state index is -0.513. The summed E-state index contributed by atoms with van der Waals surface area (Å²) >= 11 is 0. The number of hydrogen-bond donors (Lipinski definition) is 0. The second-order valence-corrected chi connectivity index (χ2v) is 4.42. The lowest BCUT2D eigenvalue weighted by molar-refractivity contribution is -0.384. The molecule has 2 rings (SSSR count). The largest absolute Gasteiger partial charge is 0.289 e. The Morgan fingerprint density at radius 1 is 1.15 bits per heavy atom. The fraction of sp³-hybridized carbons (Fsp3) is 0.0625. The van der Waals surface area contributed by atoms with Crippen molar-refractivity contribution in [2.75, 3.05) is 0 Å². The first-order chi connectivity index (χ1) is 9.56. The Morgan fingerprint density at radius 3 is 2.50 bits per heavy atom. The van der Waals surface area contributed by atoms with E-state index < -0.39 is 4.92 Å². The maximum Gasteiger partial charge on any atom is 0.270 e. The maximum atomic E-state index is 12.0. The minimum Gasteiger partial charge on any atom is -0.289 e. The topological polar surface area (TPSA) is 60.2 Å². The Kier molecular flexibility index (Phi) is 4.05. The molecular weight excluding hydrogens is 254 g/mol. The monoisotopic (exact) mass is 267 g/mol. The van der Waals surface area contributed by atoms with Crippen LogP contribution in [-0.4, -0.2) is 10.7 Å². The number of nitro groups is 1. The van der Waals surface area contributed by atoms with E-state index in [4.69, 9.17) is 0 Å². The van der Waals surface area contributed by atoms with Gasteiger partial charge in [-0.25, -0.2) is 0 Å². The fourth-order valence-electron chi connectivity index (χ4n) is 1.72. The van der Waals surface area contributed by atoms with Crippen LogP contribution in [0.3, 0.4) is 0 Å². The second kappa shape index (κ2) is 5.93. The maximum absolute atomic E-state index is 12.0. The van der Waals surface area contributed by atoms with Crippen molar-refractivity contribution >= 4 is 17.5 Å². The van der Waals surface area contributed by atoms with Crippen LogP contribution < -0.4 is 0 Å². The lowest BCUT2D eigenvalue weighted by atomic mass is 10.1. The molecule has 0 radical (unpaired) electrons. The van der Waals surface area contributed by atoms with Crippen LogP contribution in [0.1, 0.15) is 21.5 Å². The Bertz CT molecular complexity index is 672. The van der Waals surface area contributed by atoms with Gasteiger partial charge >= 0.3 is 0 Å². The number of benzene rings is 2. The van der Waals surface area contributed by atoms with Gasteiger partial charge in [-0.05, 0) is 18.6 Å². The van der Waals surface area contributed by atoms with Gasteiger partial charge in [-0.15, -0.1) is 0 Å².